The maximum absolute atomic E-state index is 16.0. The van der Waals surface area contributed by atoms with E-state index in [1.165, 1.54) is 4.90 Å². The molecule has 0 aliphatic heterocycles. The van der Waals surface area contributed by atoms with Crippen LogP contribution < -0.4 is 31.3 Å². The quantitative estimate of drug-likeness (QED) is 0.0256. The molecule has 0 amide bonds. The van der Waals surface area contributed by atoms with Gasteiger partial charge in [0.1, 0.15) is 53.5 Å². The molecule has 0 unspecified atom stereocenters. The van der Waals surface area contributed by atoms with Crippen molar-refractivity contribution in [1.29, 1.82) is 0 Å². The third-order valence-corrected chi connectivity index (χ3v) is 14.6. The highest BCUT2D eigenvalue weighted by Crippen LogP contribution is 2.45. The topological polar surface area (TPSA) is 36.9 Å². The summed E-state index contributed by atoms with van der Waals surface area (Å²) >= 11 is 0. The van der Waals surface area contributed by atoms with E-state index in [-0.39, 0.29) is 10.9 Å². The average molecular weight is 1290 g/mol. The van der Waals surface area contributed by atoms with Gasteiger partial charge in [-0.3, -0.25) is 0 Å². The Morgan fingerprint density at radius 1 is 0.302 bits per heavy atom. The molecular formula is C52H27BF28O4S. The number of benzene rings is 7. The second-order valence-corrected chi connectivity index (χ2v) is 19.2. The Bertz CT molecular complexity index is 3300. The van der Waals surface area contributed by atoms with E-state index in [2.05, 4.69) is 48.5 Å². The minimum atomic E-state index is -8.89. The summed E-state index contributed by atoms with van der Waals surface area (Å²) < 4.78 is 440. The lowest BCUT2D eigenvalue weighted by Gasteiger charge is -2.49. The Kier molecular flexibility index (Phi) is 20.0. The van der Waals surface area contributed by atoms with Gasteiger partial charge < -0.3 is 18.9 Å². The van der Waals surface area contributed by atoms with Crippen LogP contribution in [-0.2, 0) is 45.1 Å². The monoisotopic (exact) mass is 1290 g/mol. The van der Waals surface area contributed by atoms with E-state index < -0.39 is 168 Å². The highest BCUT2D eigenvalue weighted by atomic mass is 32.2. The van der Waals surface area contributed by atoms with Gasteiger partial charge in [0, 0.05) is 14.2 Å². The Morgan fingerprint density at radius 3 is 0.779 bits per heavy atom. The first-order valence-corrected chi connectivity index (χ1v) is 24.2. The van der Waals surface area contributed by atoms with Gasteiger partial charge >= 0.3 is 24.7 Å². The third kappa shape index (κ3) is 12.3. The van der Waals surface area contributed by atoms with Gasteiger partial charge in [0.2, 0.25) is 9.79 Å². The predicted octanol–water partition coefficient (Wildman–Crippen LogP) is 14.2. The Balaban J connectivity index is 0.000000340. The van der Waals surface area contributed by atoms with Crippen LogP contribution in [0.1, 0.15) is 22.3 Å². The van der Waals surface area contributed by atoms with Crippen molar-refractivity contribution in [3.8, 4) is 11.5 Å². The fourth-order valence-corrected chi connectivity index (χ4v) is 11.3. The molecule has 34 heteroatoms. The van der Waals surface area contributed by atoms with Gasteiger partial charge in [-0.2, -0.15) is 52.7 Å². The van der Waals surface area contributed by atoms with E-state index in [1.54, 1.807) is 14.2 Å². The molecule has 0 radical (unpaired) electrons. The molecule has 7 aromatic carbocycles. The molecular weight excluding hydrogens is 1260 g/mol. The minimum Gasteiger partial charge on any atom is -0.486 e. The lowest BCUT2D eigenvalue weighted by molar-refractivity contribution is -0.140. The molecule has 86 heavy (non-hydrogen) atoms. The summed E-state index contributed by atoms with van der Waals surface area (Å²) in [6.45, 7) is 2.10. The number of methoxy groups -OCH3 is 2. The maximum atomic E-state index is 16.0. The molecule has 0 saturated carbocycles. The van der Waals surface area contributed by atoms with E-state index in [0.717, 1.165) is 21.3 Å². The van der Waals surface area contributed by atoms with Crippen molar-refractivity contribution >= 4 is 38.9 Å². The van der Waals surface area contributed by atoms with Crippen LogP contribution in [-0.4, -0.2) is 46.8 Å². The summed E-state index contributed by atoms with van der Waals surface area (Å²) in [7, 11) is 2.98. The normalized spacial score (nSPS) is 12.5. The third-order valence-electron chi connectivity index (χ3n) is 12.3. The van der Waals surface area contributed by atoms with Crippen LogP contribution in [0.25, 0.3) is 0 Å². The molecule has 0 aliphatic carbocycles. The first-order valence-electron chi connectivity index (χ1n) is 23.0. The second kappa shape index (κ2) is 25.5. The Morgan fingerprint density at radius 2 is 0.535 bits per heavy atom. The maximum Gasteiger partial charge on any atom is 0.416 e. The zero-order chi connectivity index (χ0) is 64.7. The summed E-state index contributed by atoms with van der Waals surface area (Å²) in [6, 6.07) is 26.9. The van der Waals surface area contributed by atoms with E-state index in [4.69, 9.17) is 18.9 Å². The van der Waals surface area contributed by atoms with E-state index >= 15 is 35.1 Å². The summed E-state index contributed by atoms with van der Waals surface area (Å²) in [4.78, 5) is 3.45. The van der Waals surface area contributed by atoms with E-state index in [1.807, 2.05) is 30.3 Å². The van der Waals surface area contributed by atoms with Gasteiger partial charge in [0.05, 0.1) is 35.5 Å². The lowest BCUT2D eigenvalue weighted by atomic mass is 9.11. The number of ether oxygens (including phenoxy) is 4. The van der Waals surface area contributed by atoms with E-state index in [9.17, 15) is 87.8 Å². The molecule has 0 saturated heterocycles. The highest BCUT2D eigenvalue weighted by molar-refractivity contribution is 7.97. The molecule has 0 atom stereocenters. The van der Waals surface area contributed by atoms with Gasteiger partial charge in [0.25, 0.3) is 0 Å². The first kappa shape index (κ1) is 67.6. The second-order valence-electron chi connectivity index (χ2n) is 17.2. The van der Waals surface area contributed by atoms with Crippen molar-refractivity contribution in [2.24, 2.45) is 0 Å². The Hall–Kier alpha value is -7.49. The number of hydrogen-bond acceptors (Lipinski definition) is 4. The standard InChI is InChI=1S/C28BF28.C24H27O4S/c30-9-1(25(46,47)48)5(13(34)21(42)17(9)38)29(6-2(26(49,50)51)10(31)18(39)22(43)14(6)35,7-3(27(52,53)54)11(32)19(40)23(44)15(7)36)8-4(28(55,56)57)12(33)20(41)24(45)16(8)37;1-25-16-18-27-21-12-6-8-14-23(21)29(20-10-4-3-5-11-20)24-15-9-7-13-22(24)28-19-17-26-2/h;3-15H,16-19H2,1-2H3/q-1;+1. The van der Waals surface area contributed by atoms with Crippen LogP contribution in [0.15, 0.2) is 93.5 Å². The zero-order valence-corrected chi connectivity index (χ0v) is 42.9. The van der Waals surface area contributed by atoms with Gasteiger partial charge in [-0.25, -0.2) is 70.2 Å². The van der Waals surface area contributed by atoms with Crippen LogP contribution in [0.5, 0.6) is 11.5 Å². The summed E-state index contributed by atoms with van der Waals surface area (Å²) in [5.41, 5.74) is -38.1. The molecule has 464 valence electrons. The summed E-state index contributed by atoms with van der Waals surface area (Å²) in [6.07, 6.45) is -39.5. The van der Waals surface area contributed by atoms with Crippen LogP contribution in [0.4, 0.5) is 123 Å². The smallest absolute Gasteiger partial charge is 0.416 e. The predicted molar refractivity (Wildman–Crippen MR) is 246 cm³/mol. The molecule has 0 heterocycles. The van der Waals surface area contributed by atoms with Gasteiger partial charge in [-0.05, 0) is 36.4 Å². The average Bonchev–Trinajstić information content (AvgIpc) is 0.680. The molecule has 0 aromatic heterocycles. The van der Waals surface area contributed by atoms with Crippen LogP contribution >= 0.6 is 0 Å². The summed E-state index contributed by atoms with van der Waals surface area (Å²) in [5, 5.41) is 0. The SMILES string of the molecule is COCCOc1ccccc1[S+](c1ccccc1)c1ccccc1OCCOC.Fc1c(F)c(F)c(C(F)(F)F)c([B-](c2c(F)c(F)c(F)c(F)c2C(F)(F)F)(c2c(F)c(F)c(F)c(F)c2C(F)(F)F)c2c(F)c(F)c(F)c(F)c2C(F)(F)F)c1F. The van der Waals surface area contributed by atoms with Gasteiger partial charge in [-0.15, -0.1) is 21.9 Å². The van der Waals surface area contributed by atoms with Gasteiger partial charge in [0.15, 0.2) is 86.2 Å². The van der Waals surface area contributed by atoms with Crippen molar-refractivity contribution < 1.29 is 142 Å². The molecule has 0 bridgehead atoms. The largest absolute Gasteiger partial charge is 0.486 e. The van der Waals surface area contributed by atoms with Crippen molar-refractivity contribution in [2.75, 3.05) is 40.6 Å². The lowest BCUT2D eigenvalue weighted by Crippen LogP contribution is -2.82. The number of hydrogen-bond donors (Lipinski definition) is 0. The molecule has 4 nitrogen and oxygen atoms in total. The van der Waals surface area contributed by atoms with E-state index in [0.29, 0.717) is 26.4 Å². The fraction of sp³-hybridized carbons (Fsp3) is 0.192. The molecule has 7 rings (SSSR count). The number of alkyl halides is 12. The van der Waals surface area contributed by atoms with Crippen molar-refractivity contribution in [2.45, 2.75) is 39.4 Å². The first-order chi connectivity index (χ1) is 39.9. The molecule has 0 fully saturated rings. The van der Waals surface area contributed by atoms with Crippen molar-refractivity contribution in [1.82, 2.24) is 0 Å². The van der Waals surface area contributed by atoms with Gasteiger partial charge in [-0.1, -0.05) is 42.5 Å². The van der Waals surface area contributed by atoms with Crippen LogP contribution in [0, 0.1) is 93.1 Å². The molecule has 0 N–H and O–H groups in total. The van der Waals surface area contributed by atoms with Crippen molar-refractivity contribution in [3.05, 3.63) is 194 Å². The molecule has 7 aromatic rings. The minimum absolute atomic E-state index is 0.380. The molecule has 0 spiro atoms. The Labute approximate surface area is 465 Å². The number of rotatable bonds is 15. The number of para-hydroxylation sites is 2. The van der Waals surface area contributed by atoms with Crippen molar-refractivity contribution in [3.63, 3.8) is 0 Å². The fourth-order valence-electron chi connectivity index (χ4n) is 9.07. The zero-order valence-electron chi connectivity index (χ0n) is 42.0. The number of halogens is 28. The summed E-state index contributed by atoms with van der Waals surface area (Å²) in [5.74, 6) is -68.1. The van der Waals surface area contributed by atoms with Crippen LogP contribution in [0.3, 0.4) is 0 Å². The van der Waals surface area contributed by atoms with Crippen LogP contribution in [0.2, 0.25) is 0 Å². The highest BCUT2D eigenvalue weighted by Gasteiger charge is 2.60. The molecule has 0 aliphatic rings.